The van der Waals surface area contributed by atoms with Gasteiger partial charge in [-0.1, -0.05) is 133 Å². The van der Waals surface area contributed by atoms with Crippen LogP contribution in [-0.2, 0) is 9.53 Å². The Labute approximate surface area is 276 Å². The van der Waals surface area contributed by atoms with E-state index < -0.39 is 0 Å². The molecule has 0 aromatic carbocycles. The highest BCUT2D eigenvalue weighted by Gasteiger charge is 2.27. The van der Waals surface area contributed by atoms with Crippen LogP contribution in [0.25, 0.3) is 0 Å². The van der Waals surface area contributed by atoms with Gasteiger partial charge in [0.15, 0.2) is 0 Å². The van der Waals surface area contributed by atoms with E-state index >= 15 is 0 Å². The second kappa shape index (κ2) is 32.8. The van der Waals surface area contributed by atoms with Gasteiger partial charge in [0.2, 0.25) is 0 Å². The van der Waals surface area contributed by atoms with Crippen molar-refractivity contribution in [3.05, 3.63) is 48.6 Å². The predicted octanol–water partition coefficient (Wildman–Crippen LogP) is 12.9. The highest BCUT2D eigenvalue weighted by Crippen LogP contribution is 2.27. The first-order chi connectivity index (χ1) is 21.4. The average Bonchev–Trinajstić information content (AvgIpc) is 3.00. The van der Waals surface area contributed by atoms with Gasteiger partial charge in [-0.2, -0.15) is 0 Å². The number of rotatable bonds is 32. The summed E-state index contributed by atoms with van der Waals surface area (Å²) in [6.45, 7) is 7.46. The Balaban J connectivity index is 4.15. The van der Waals surface area contributed by atoms with E-state index in [1.165, 1.54) is 122 Å². The first-order valence-electron chi connectivity index (χ1n) is 18.9. The molecule has 0 rings (SSSR count). The third kappa shape index (κ3) is 31.8. The number of carbonyl (C=O) groups is 1. The molecule has 1 unspecified atom stereocenters. The quantitative estimate of drug-likeness (QED) is 0.0327. The van der Waals surface area contributed by atoms with Crippen molar-refractivity contribution in [1.29, 1.82) is 0 Å². The minimum absolute atomic E-state index is 0.0346. The van der Waals surface area contributed by atoms with E-state index in [4.69, 9.17) is 4.74 Å². The summed E-state index contributed by atoms with van der Waals surface area (Å²) < 4.78 is 6.13. The summed E-state index contributed by atoms with van der Waals surface area (Å²) in [5.74, 6) is -0.0346. The van der Waals surface area contributed by atoms with Crippen LogP contribution in [0.2, 0.25) is 0 Å². The van der Waals surface area contributed by atoms with E-state index in [1.54, 1.807) is 0 Å². The zero-order valence-corrected chi connectivity index (χ0v) is 30.3. The van der Waals surface area contributed by atoms with Gasteiger partial charge in [-0.25, -0.2) is 0 Å². The molecule has 0 bridgehead atoms. The van der Waals surface area contributed by atoms with E-state index in [2.05, 4.69) is 74.3 Å². The number of ether oxygens (including phenoxy) is 1. The van der Waals surface area contributed by atoms with Gasteiger partial charge >= 0.3 is 5.97 Å². The monoisotopic (exact) mass is 614 g/mol. The van der Waals surface area contributed by atoms with Crippen molar-refractivity contribution in [2.75, 3.05) is 20.6 Å². The molecule has 0 radical (unpaired) electrons. The second-order valence-corrected chi connectivity index (χ2v) is 13.5. The fourth-order valence-corrected chi connectivity index (χ4v) is 5.51. The largest absolute Gasteiger partial charge is 0.459 e. The lowest BCUT2D eigenvalue weighted by molar-refractivity contribution is -0.160. The lowest BCUT2D eigenvalue weighted by Crippen LogP contribution is -2.33. The molecule has 0 saturated carbocycles. The molecule has 0 amide bonds. The highest BCUT2D eigenvalue weighted by molar-refractivity contribution is 5.70. The molecule has 0 fully saturated rings. The van der Waals surface area contributed by atoms with E-state index in [0.717, 1.165) is 38.6 Å². The molecule has 3 nitrogen and oxygen atoms in total. The van der Waals surface area contributed by atoms with Gasteiger partial charge in [-0.3, -0.25) is 4.79 Å². The maximum Gasteiger partial charge on any atom is 0.307 e. The van der Waals surface area contributed by atoms with E-state index in [9.17, 15) is 4.79 Å². The lowest BCUT2D eigenvalue weighted by atomic mass is 9.91. The van der Waals surface area contributed by atoms with Crippen LogP contribution in [0, 0.1) is 0 Å². The van der Waals surface area contributed by atoms with Crippen molar-refractivity contribution >= 4 is 5.97 Å². The van der Waals surface area contributed by atoms with Crippen LogP contribution in [0.4, 0.5) is 0 Å². The molecule has 0 aromatic heterocycles. The number of unbranched alkanes of at least 4 members (excludes halogenated alkanes) is 17. The van der Waals surface area contributed by atoms with Gasteiger partial charge in [0.25, 0.3) is 0 Å². The molecule has 0 aliphatic heterocycles. The minimum Gasteiger partial charge on any atom is -0.459 e. The fourth-order valence-electron chi connectivity index (χ4n) is 5.51. The van der Waals surface area contributed by atoms with Crippen LogP contribution in [0.1, 0.15) is 181 Å². The Morgan fingerprint density at radius 3 is 1.43 bits per heavy atom. The molecular weight excluding hydrogens is 538 g/mol. The summed E-state index contributed by atoms with van der Waals surface area (Å²) in [6, 6.07) is 0. The van der Waals surface area contributed by atoms with Crippen molar-refractivity contribution in [2.24, 2.45) is 0 Å². The van der Waals surface area contributed by atoms with Gasteiger partial charge in [0, 0.05) is 6.54 Å². The summed E-state index contributed by atoms with van der Waals surface area (Å²) in [7, 11) is 4.02. The Morgan fingerprint density at radius 1 is 0.568 bits per heavy atom. The van der Waals surface area contributed by atoms with Gasteiger partial charge in [0.1, 0.15) is 5.60 Å². The molecule has 0 heterocycles. The zero-order chi connectivity index (χ0) is 32.4. The smallest absolute Gasteiger partial charge is 0.307 e. The molecule has 0 aliphatic carbocycles. The summed E-state index contributed by atoms with van der Waals surface area (Å²) in [4.78, 5) is 14.7. The van der Waals surface area contributed by atoms with E-state index in [-0.39, 0.29) is 11.6 Å². The molecule has 0 spiro atoms. The Hall–Kier alpha value is -1.61. The Morgan fingerprint density at radius 2 is 0.977 bits per heavy atom. The van der Waals surface area contributed by atoms with Crippen LogP contribution < -0.4 is 0 Å². The molecule has 3 heteroatoms. The fraction of sp³-hybridized carbons (Fsp3) is 0.780. The summed E-state index contributed by atoms with van der Waals surface area (Å²) in [5, 5.41) is 0. The van der Waals surface area contributed by atoms with Crippen LogP contribution in [0.3, 0.4) is 0 Å². The van der Waals surface area contributed by atoms with Gasteiger partial charge in [-0.05, 0) is 104 Å². The molecule has 0 N–H and O–H groups in total. The molecule has 0 aliphatic rings. The minimum atomic E-state index is -0.314. The molecule has 0 aromatic rings. The first-order valence-corrected chi connectivity index (χ1v) is 18.9. The molecule has 0 saturated heterocycles. The number of carbonyl (C=O) groups excluding carboxylic acids is 1. The average molecular weight is 614 g/mol. The van der Waals surface area contributed by atoms with Crippen molar-refractivity contribution in [3.63, 3.8) is 0 Å². The van der Waals surface area contributed by atoms with Crippen molar-refractivity contribution in [2.45, 2.75) is 187 Å². The molecule has 256 valence electrons. The SMILES string of the molecule is CCCCC/C=C\C/C=C/CCCCCCCC(C)(CCCCCCCC/C=C\C=C\CCCCC)OC(=O)CCN(C)C. The Bertz CT molecular complexity index is 735. The second-order valence-electron chi connectivity index (χ2n) is 13.5. The molecule has 1 atom stereocenters. The summed E-state index contributed by atoms with van der Waals surface area (Å²) in [5.41, 5.74) is -0.314. The van der Waals surface area contributed by atoms with Crippen LogP contribution in [0.15, 0.2) is 48.6 Å². The van der Waals surface area contributed by atoms with Crippen molar-refractivity contribution in [1.82, 2.24) is 4.90 Å². The maximum atomic E-state index is 12.6. The Kier molecular flexibility index (Phi) is 31.6. The summed E-state index contributed by atoms with van der Waals surface area (Å²) in [6.07, 6.45) is 48.5. The third-order valence-corrected chi connectivity index (χ3v) is 8.46. The highest BCUT2D eigenvalue weighted by atomic mass is 16.6. The number of nitrogens with zero attached hydrogens (tertiary/aromatic N) is 1. The van der Waals surface area contributed by atoms with Crippen molar-refractivity contribution in [3.8, 4) is 0 Å². The van der Waals surface area contributed by atoms with Crippen molar-refractivity contribution < 1.29 is 9.53 Å². The van der Waals surface area contributed by atoms with Gasteiger partial charge in [0.05, 0.1) is 6.42 Å². The maximum absolute atomic E-state index is 12.6. The van der Waals surface area contributed by atoms with E-state index in [1.807, 2.05) is 14.1 Å². The summed E-state index contributed by atoms with van der Waals surface area (Å²) >= 11 is 0. The van der Waals surface area contributed by atoms with Crippen LogP contribution in [0.5, 0.6) is 0 Å². The van der Waals surface area contributed by atoms with Gasteiger partial charge < -0.3 is 9.64 Å². The van der Waals surface area contributed by atoms with Crippen LogP contribution >= 0.6 is 0 Å². The topological polar surface area (TPSA) is 29.5 Å². The lowest BCUT2D eigenvalue weighted by Gasteiger charge is -2.30. The first kappa shape index (κ1) is 42.4. The van der Waals surface area contributed by atoms with Gasteiger partial charge in [-0.15, -0.1) is 0 Å². The number of hydrogen-bond donors (Lipinski definition) is 0. The number of allylic oxidation sites excluding steroid dienone is 8. The third-order valence-electron chi connectivity index (χ3n) is 8.46. The standard InChI is InChI=1S/C41H75NO2/c1-6-8-10-12-14-16-18-20-22-24-26-28-30-32-34-37-41(3,44-40(43)36-39-42(4)5)38-35-33-31-29-27-25-23-21-19-17-15-13-11-9-7-2/h14-18,20-21,23H,6-13,19,22,24-39H2,1-5H3/b16-14+,17-15-,20-18-,23-21+. The van der Waals surface area contributed by atoms with E-state index in [0.29, 0.717) is 6.42 Å². The van der Waals surface area contributed by atoms with Crippen LogP contribution in [-0.4, -0.2) is 37.1 Å². The molecular formula is C41H75NO2. The predicted molar refractivity (Wildman–Crippen MR) is 196 cm³/mol. The zero-order valence-electron chi connectivity index (χ0n) is 30.3. The number of esters is 1. The normalized spacial score (nSPS) is 13.8. The molecule has 44 heavy (non-hydrogen) atoms. The number of hydrogen-bond acceptors (Lipinski definition) is 3.